The van der Waals surface area contributed by atoms with Crippen LogP contribution in [0, 0.1) is 5.82 Å². The number of nitrogens with one attached hydrogen (secondary N) is 3. The SMILES string of the molecule is COc1cc(F)c2nccc(NC(=O)C3(O)CCC(NCc4ccc5c(n4)NC(=O)CS5)CC3)c2c1. The molecule has 1 aliphatic carbocycles. The number of amides is 2. The van der Waals surface area contributed by atoms with Crippen LogP contribution in [0.25, 0.3) is 10.9 Å². The predicted molar refractivity (Wildman–Crippen MR) is 135 cm³/mol. The Bertz CT molecular complexity index is 1330. The van der Waals surface area contributed by atoms with Crippen LogP contribution in [0.3, 0.4) is 0 Å². The second kappa shape index (κ2) is 10.00. The first-order valence-corrected chi connectivity index (χ1v) is 12.7. The first kappa shape index (κ1) is 24.4. The number of thioether (sulfide) groups is 1. The molecule has 0 spiro atoms. The summed E-state index contributed by atoms with van der Waals surface area (Å²) in [6.07, 6.45) is 3.17. The summed E-state index contributed by atoms with van der Waals surface area (Å²) in [7, 11) is 1.43. The van der Waals surface area contributed by atoms with Gasteiger partial charge in [0, 0.05) is 30.2 Å². The molecule has 2 amide bonds. The van der Waals surface area contributed by atoms with Crippen molar-refractivity contribution in [2.45, 2.75) is 48.8 Å². The molecule has 5 rings (SSSR count). The molecule has 1 fully saturated rings. The number of pyridine rings is 2. The normalized spacial score (nSPS) is 21.5. The van der Waals surface area contributed by atoms with E-state index < -0.39 is 17.3 Å². The summed E-state index contributed by atoms with van der Waals surface area (Å²) in [5.41, 5.74) is -0.249. The summed E-state index contributed by atoms with van der Waals surface area (Å²) in [5.74, 6) is 0.156. The molecule has 3 heterocycles. The summed E-state index contributed by atoms with van der Waals surface area (Å²) in [6.45, 7) is 0.513. The fourth-order valence-electron chi connectivity index (χ4n) is 4.53. The average molecular weight is 512 g/mol. The first-order valence-electron chi connectivity index (χ1n) is 11.7. The third-order valence-electron chi connectivity index (χ3n) is 6.60. The zero-order chi connectivity index (χ0) is 25.3. The van der Waals surface area contributed by atoms with E-state index >= 15 is 0 Å². The lowest BCUT2D eigenvalue weighted by Crippen LogP contribution is -2.48. The Morgan fingerprint density at radius 1 is 1.31 bits per heavy atom. The van der Waals surface area contributed by atoms with Crippen molar-refractivity contribution in [2.24, 2.45) is 0 Å². The molecule has 0 bridgehead atoms. The maximum atomic E-state index is 14.4. The molecule has 1 aromatic carbocycles. The number of methoxy groups -OCH3 is 1. The molecular weight excluding hydrogens is 485 g/mol. The number of ether oxygens (including phenoxy) is 1. The molecule has 3 aromatic rings. The number of benzene rings is 1. The van der Waals surface area contributed by atoms with Gasteiger partial charge >= 0.3 is 0 Å². The highest BCUT2D eigenvalue weighted by Gasteiger charge is 2.40. The van der Waals surface area contributed by atoms with E-state index in [0.717, 1.165) is 10.6 Å². The number of hydrogen-bond donors (Lipinski definition) is 4. The molecule has 2 aromatic heterocycles. The van der Waals surface area contributed by atoms with Crippen molar-refractivity contribution in [3.8, 4) is 5.75 Å². The average Bonchev–Trinajstić information content (AvgIpc) is 2.88. The van der Waals surface area contributed by atoms with Gasteiger partial charge in [-0.3, -0.25) is 14.6 Å². The lowest BCUT2D eigenvalue weighted by atomic mass is 9.81. The summed E-state index contributed by atoms with van der Waals surface area (Å²) in [6, 6.07) is 8.40. The highest BCUT2D eigenvalue weighted by atomic mass is 32.2. The lowest BCUT2D eigenvalue weighted by Gasteiger charge is -2.35. The van der Waals surface area contributed by atoms with Gasteiger partial charge < -0.3 is 25.8 Å². The lowest BCUT2D eigenvalue weighted by molar-refractivity contribution is -0.137. The zero-order valence-electron chi connectivity index (χ0n) is 19.6. The molecule has 1 aliphatic heterocycles. The number of anilines is 2. The molecule has 0 unspecified atom stereocenters. The monoisotopic (exact) mass is 511 g/mol. The fourth-order valence-corrected chi connectivity index (χ4v) is 5.29. The van der Waals surface area contributed by atoms with Crippen LogP contribution in [0.4, 0.5) is 15.9 Å². The molecule has 0 saturated heterocycles. The minimum Gasteiger partial charge on any atom is -0.497 e. The van der Waals surface area contributed by atoms with Crippen LogP contribution in [0.1, 0.15) is 31.4 Å². The van der Waals surface area contributed by atoms with Crippen LogP contribution in [0.15, 0.2) is 41.4 Å². The van der Waals surface area contributed by atoms with Gasteiger partial charge in [0.25, 0.3) is 5.91 Å². The van der Waals surface area contributed by atoms with Gasteiger partial charge in [-0.2, -0.15) is 0 Å². The van der Waals surface area contributed by atoms with Crippen LogP contribution in [-0.2, 0) is 16.1 Å². The van der Waals surface area contributed by atoms with Gasteiger partial charge in [0.2, 0.25) is 5.91 Å². The Hall–Kier alpha value is -3.28. The molecule has 188 valence electrons. The summed E-state index contributed by atoms with van der Waals surface area (Å²) >= 11 is 1.47. The number of nitrogens with zero attached hydrogens (tertiary/aromatic N) is 2. The smallest absolute Gasteiger partial charge is 0.256 e. The Morgan fingerprint density at radius 2 is 2.11 bits per heavy atom. The topological polar surface area (TPSA) is 125 Å². The number of fused-ring (bicyclic) bond motifs is 2. The van der Waals surface area contributed by atoms with Crippen molar-refractivity contribution in [1.82, 2.24) is 15.3 Å². The minimum atomic E-state index is -1.53. The maximum Gasteiger partial charge on any atom is 0.256 e. The quantitative estimate of drug-likeness (QED) is 0.398. The van der Waals surface area contributed by atoms with Crippen molar-refractivity contribution in [3.63, 3.8) is 0 Å². The van der Waals surface area contributed by atoms with Crippen molar-refractivity contribution in [2.75, 3.05) is 23.5 Å². The Kier molecular flexibility index (Phi) is 6.78. The van der Waals surface area contributed by atoms with E-state index in [4.69, 9.17) is 4.74 Å². The van der Waals surface area contributed by atoms with Crippen LogP contribution >= 0.6 is 11.8 Å². The van der Waals surface area contributed by atoms with Crippen molar-refractivity contribution >= 4 is 46.0 Å². The summed E-state index contributed by atoms with van der Waals surface area (Å²) in [5, 5.41) is 20.5. The van der Waals surface area contributed by atoms with Gasteiger partial charge in [0.1, 0.15) is 22.7 Å². The highest BCUT2D eigenvalue weighted by Crippen LogP contribution is 2.33. The molecular formula is C25H26FN5O4S. The molecule has 11 heteroatoms. The van der Waals surface area contributed by atoms with E-state index in [1.54, 1.807) is 12.1 Å². The van der Waals surface area contributed by atoms with E-state index in [-0.39, 0.29) is 30.3 Å². The molecule has 9 nitrogen and oxygen atoms in total. The van der Waals surface area contributed by atoms with Gasteiger partial charge in [0.15, 0.2) is 5.82 Å². The van der Waals surface area contributed by atoms with Gasteiger partial charge in [-0.05, 0) is 49.9 Å². The van der Waals surface area contributed by atoms with Crippen LogP contribution in [0.2, 0.25) is 0 Å². The van der Waals surface area contributed by atoms with E-state index in [9.17, 15) is 19.1 Å². The fraction of sp³-hybridized carbons (Fsp3) is 0.360. The maximum absolute atomic E-state index is 14.4. The van der Waals surface area contributed by atoms with E-state index in [2.05, 4.69) is 25.9 Å². The largest absolute Gasteiger partial charge is 0.497 e. The predicted octanol–water partition coefficient (Wildman–Crippen LogP) is 3.22. The molecule has 0 atom stereocenters. The Balaban J connectivity index is 1.20. The number of aliphatic hydroxyl groups is 1. The highest BCUT2D eigenvalue weighted by molar-refractivity contribution is 8.00. The molecule has 2 aliphatic rings. The zero-order valence-corrected chi connectivity index (χ0v) is 20.5. The van der Waals surface area contributed by atoms with Crippen molar-refractivity contribution in [3.05, 3.63) is 48.0 Å². The van der Waals surface area contributed by atoms with E-state index in [1.165, 1.54) is 31.1 Å². The Labute approximate surface area is 211 Å². The van der Waals surface area contributed by atoms with Crippen molar-refractivity contribution in [1.29, 1.82) is 0 Å². The molecule has 0 radical (unpaired) electrons. The Morgan fingerprint density at radius 3 is 2.89 bits per heavy atom. The summed E-state index contributed by atoms with van der Waals surface area (Å²) in [4.78, 5) is 34.2. The number of aromatic nitrogens is 2. The second-order valence-corrected chi connectivity index (χ2v) is 10.0. The standard InChI is InChI=1S/C25H26FN5O4S/c1-35-16-10-17-19(6-9-27-22(17)18(26)11-16)30-24(33)25(34)7-4-14(5-8-25)28-12-15-2-3-20-23(29-15)31-21(32)13-36-20/h2-3,6,9-11,14,28,34H,4-5,7-8,12-13H2,1H3,(H,27,30,33)(H,29,31,32). The summed E-state index contributed by atoms with van der Waals surface area (Å²) < 4.78 is 19.5. The number of carbonyl (C=O) groups is 2. The third kappa shape index (κ3) is 4.99. The van der Waals surface area contributed by atoms with Crippen LogP contribution in [-0.4, -0.2) is 51.4 Å². The van der Waals surface area contributed by atoms with Gasteiger partial charge in [-0.15, -0.1) is 11.8 Å². The number of carbonyl (C=O) groups excluding carboxylic acids is 2. The molecule has 1 saturated carbocycles. The van der Waals surface area contributed by atoms with E-state index in [0.29, 0.717) is 47.8 Å². The second-order valence-electron chi connectivity index (χ2n) is 8.99. The first-order chi connectivity index (χ1) is 17.3. The van der Waals surface area contributed by atoms with Crippen LogP contribution in [0.5, 0.6) is 5.75 Å². The van der Waals surface area contributed by atoms with Crippen LogP contribution < -0.4 is 20.7 Å². The van der Waals surface area contributed by atoms with Gasteiger partial charge in [0.05, 0.1) is 29.1 Å². The number of halogens is 1. The van der Waals surface area contributed by atoms with Gasteiger partial charge in [-0.25, -0.2) is 9.37 Å². The molecule has 36 heavy (non-hydrogen) atoms. The van der Waals surface area contributed by atoms with Gasteiger partial charge in [-0.1, -0.05) is 0 Å². The minimum absolute atomic E-state index is 0.0565. The number of rotatable bonds is 6. The van der Waals surface area contributed by atoms with E-state index in [1.807, 2.05) is 12.1 Å². The van der Waals surface area contributed by atoms with Crippen molar-refractivity contribution < 1.29 is 23.8 Å². The number of hydrogen-bond acceptors (Lipinski definition) is 8. The third-order valence-corrected chi connectivity index (χ3v) is 7.64. The molecule has 4 N–H and O–H groups in total.